The van der Waals surface area contributed by atoms with E-state index in [0.29, 0.717) is 24.0 Å². The first kappa shape index (κ1) is 18.0. The Kier molecular flexibility index (Phi) is 5.26. The van der Waals surface area contributed by atoms with E-state index in [-0.39, 0.29) is 11.8 Å². The minimum atomic E-state index is -1.13. The van der Waals surface area contributed by atoms with Crippen LogP contribution in [0.5, 0.6) is 0 Å². The lowest BCUT2D eigenvalue weighted by molar-refractivity contribution is -0.151. The molecule has 1 aromatic carbocycles. The zero-order valence-corrected chi connectivity index (χ0v) is 14.4. The fourth-order valence-electron chi connectivity index (χ4n) is 3.23. The maximum atomic E-state index is 12.7. The molecule has 2 amide bonds. The molecule has 0 radical (unpaired) electrons. The molecule has 130 valence electrons. The third-order valence-electron chi connectivity index (χ3n) is 4.81. The normalized spacial score (nSPS) is 16.3. The van der Waals surface area contributed by atoms with Crippen LogP contribution in [0, 0.1) is 0 Å². The Bertz CT molecular complexity index is 631. The highest BCUT2D eigenvalue weighted by Crippen LogP contribution is 2.34. The van der Waals surface area contributed by atoms with Crippen LogP contribution in [0.25, 0.3) is 0 Å². The Labute approximate surface area is 142 Å². The summed E-state index contributed by atoms with van der Waals surface area (Å²) in [5.41, 5.74) is -0.253. The van der Waals surface area contributed by atoms with Gasteiger partial charge in [0.1, 0.15) is 5.54 Å². The van der Waals surface area contributed by atoms with Gasteiger partial charge in [-0.15, -0.1) is 0 Å². The molecule has 2 rings (SSSR count). The van der Waals surface area contributed by atoms with E-state index in [2.05, 4.69) is 0 Å². The van der Waals surface area contributed by atoms with Gasteiger partial charge in [-0.2, -0.15) is 0 Å². The Morgan fingerprint density at radius 1 is 0.875 bits per heavy atom. The molecule has 1 aromatic rings. The van der Waals surface area contributed by atoms with Crippen LogP contribution in [0.1, 0.15) is 52.8 Å². The van der Waals surface area contributed by atoms with Crippen molar-refractivity contribution in [2.75, 3.05) is 21.1 Å². The molecule has 0 aromatic heterocycles. The average molecular weight is 332 g/mol. The number of aliphatic carboxylic acids is 1. The summed E-state index contributed by atoms with van der Waals surface area (Å²) in [7, 11) is 4.88. The van der Waals surface area contributed by atoms with Crippen molar-refractivity contribution in [3.05, 3.63) is 35.4 Å². The molecule has 0 heterocycles. The number of benzene rings is 1. The first-order chi connectivity index (χ1) is 11.3. The molecule has 0 atom stereocenters. The SMILES string of the molecule is CN(C)C(=O)c1ccc(C(=O)N(C)C2(C(=O)O)CCCCC2)cc1. The summed E-state index contributed by atoms with van der Waals surface area (Å²) in [5, 5.41) is 9.69. The molecule has 0 bridgehead atoms. The first-order valence-corrected chi connectivity index (χ1v) is 8.13. The number of carbonyl (C=O) groups is 3. The summed E-state index contributed by atoms with van der Waals surface area (Å²) >= 11 is 0. The van der Waals surface area contributed by atoms with Gasteiger partial charge < -0.3 is 14.9 Å². The minimum Gasteiger partial charge on any atom is -0.479 e. The van der Waals surface area contributed by atoms with E-state index in [1.807, 2.05) is 0 Å². The van der Waals surface area contributed by atoms with E-state index in [0.717, 1.165) is 19.3 Å². The van der Waals surface area contributed by atoms with Crippen LogP contribution in [0.15, 0.2) is 24.3 Å². The number of rotatable bonds is 4. The Balaban J connectivity index is 2.23. The van der Waals surface area contributed by atoms with Crippen molar-refractivity contribution in [3.8, 4) is 0 Å². The van der Waals surface area contributed by atoms with Crippen LogP contribution in [0.3, 0.4) is 0 Å². The van der Waals surface area contributed by atoms with Gasteiger partial charge in [-0.1, -0.05) is 19.3 Å². The predicted octanol–water partition coefficient (Wildman–Crippen LogP) is 2.25. The summed E-state index contributed by atoms with van der Waals surface area (Å²) in [6, 6.07) is 6.34. The molecule has 1 fully saturated rings. The summed E-state index contributed by atoms with van der Waals surface area (Å²) in [6.45, 7) is 0. The maximum absolute atomic E-state index is 12.7. The minimum absolute atomic E-state index is 0.142. The number of hydrogen-bond acceptors (Lipinski definition) is 3. The fraction of sp³-hybridized carbons (Fsp3) is 0.500. The van der Waals surface area contributed by atoms with Gasteiger partial charge in [-0.25, -0.2) is 4.79 Å². The van der Waals surface area contributed by atoms with Crippen molar-refractivity contribution < 1.29 is 19.5 Å². The quantitative estimate of drug-likeness (QED) is 0.917. The molecule has 1 saturated carbocycles. The Hall–Kier alpha value is -2.37. The van der Waals surface area contributed by atoms with Crippen LogP contribution >= 0.6 is 0 Å². The smallest absolute Gasteiger partial charge is 0.329 e. The molecule has 0 spiro atoms. The third-order valence-corrected chi connectivity index (χ3v) is 4.81. The molecule has 0 saturated heterocycles. The van der Waals surface area contributed by atoms with E-state index in [9.17, 15) is 19.5 Å². The summed E-state index contributed by atoms with van der Waals surface area (Å²) in [4.78, 5) is 39.3. The van der Waals surface area contributed by atoms with Crippen LogP contribution < -0.4 is 0 Å². The second-order valence-corrected chi connectivity index (χ2v) is 6.54. The molecular formula is C18H24N2O4. The van der Waals surface area contributed by atoms with E-state index in [1.54, 1.807) is 45.4 Å². The zero-order chi connectivity index (χ0) is 17.9. The van der Waals surface area contributed by atoms with Crippen molar-refractivity contribution >= 4 is 17.8 Å². The average Bonchev–Trinajstić information content (AvgIpc) is 2.60. The summed E-state index contributed by atoms with van der Waals surface area (Å²) < 4.78 is 0. The number of carbonyl (C=O) groups excluding carboxylic acids is 2. The number of likely N-dealkylation sites (N-methyl/N-ethyl adjacent to an activating group) is 1. The summed E-state index contributed by atoms with van der Waals surface area (Å²) in [5.74, 6) is -1.42. The van der Waals surface area contributed by atoms with Crippen LogP contribution in [0.2, 0.25) is 0 Å². The largest absolute Gasteiger partial charge is 0.479 e. The van der Waals surface area contributed by atoms with Crippen molar-refractivity contribution in [1.82, 2.24) is 9.80 Å². The number of nitrogens with zero attached hydrogens (tertiary/aromatic N) is 2. The molecule has 0 unspecified atom stereocenters. The van der Waals surface area contributed by atoms with Gasteiger partial charge in [-0.05, 0) is 37.1 Å². The maximum Gasteiger partial charge on any atom is 0.329 e. The third kappa shape index (κ3) is 3.27. The van der Waals surface area contributed by atoms with Crippen LogP contribution in [-0.4, -0.2) is 59.4 Å². The van der Waals surface area contributed by atoms with Gasteiger partial charge >= 0.3 is 5.97 Å². The van der Waals surface area contributed by atoms with Crippen molar-refractivity contribution in [2.45, 2.75) is 37.6 Å². The highest BCUT2D eigenvalue weighted by atomic mass is 16.4. The molecule has 6 nitrogen and oxygen atoms in total. The van der Waals surface area contributed by atoms with Gasteiger partial charge in [0.2, 0.25) is 0 Å². The molecule has 0 aliphatic heterocycles. The van der Waals surface area contributed by atoms with E-state index in [4.69, 9.17) is 0 Å². The molecular weight excluding hydrogens is 308 g/mol. The first-order valence-electron chi connectivity index (χ1n) is 8.13. The second-order valence-electron chi connectivity index (χ2n) is 6.54. The second kappa shape index (κ2) is 7.03. The Morgan fingerprint density at radius 2 is 1.33 bits per heavy atom. The van der Waals surface area contributed by atoms with Crippen molar-refractivity contribution in [2.24, 2.45) is 0 Å². The number of amides is 2. The molecule has 24 heavy (non-hydrogen) atoms. The van der Waals surface area contributed by atoms with Gasteiger partial charge in [0.05, 0.1) is 0 Å². The molecule has 1 aliphatic rings. The van der Waals surface area contributed by atoms with Gasteiger partial charge in [-0.3, -0.25) is 9.59 Å². The molecule has 1 aliphatic carbocycles. The molecule has 6 heteroatoms. The van der Waals surface area contributed by atoms with E-state index in [1.165, 1.54) is 9.80 Å². The van der Waals surface area contributed by atoms with Crippen LogP contribution in [0.4, 0.5) is 0 Å². The number of hydrogen-bond donors (Lipinski definition) is 1. The Morgan fingerprint density at radius 3 is 1.75 bits per heavy atom. The fourth-order valence-corrected chi connectivity index (χ4v) is 3.23. The number of carboxylic acids is 1. The van der Waals surface area contributed by atoms with E-state index < -0.39 is 11.5 Å². The highest BCUT2D eigenvalue weighted by molar-refractivity contribution is 5.99. The topological polar surface area (TPSA) is 77.9 Å². The monoisotopic (exact) mass is 332 g/mol. The zero-order valence-electron chi connectivity index (χ0n) is 14.4. The molecule has 1 N–H and O–H groups in total. The van der Waals surface area contributed by atoms with Gasteiger partial charge in [0.15, 0.2) is 0 Å². The van der Waals surface area contributed by atoms with Crippen molar-refractivity contribution in [1.29, 1.82) is 0 Å². The number of carboxylic acid groups (broad SMARTS) is 1. The lowest BCUT2D eigenvalue weighted by Crippen LogP contribution is -2.56. The van der Waals surface area contributed by atoms with Gasteiger partial charge in [0, 0.05) is 32.3 Å². The van der Waals surface area contributed by atoms with Crippen LogP contribution in [-0.2, 0) is 4.79 Å². The van der Waals surface area contributed by atoms with Crippen molar-refractivity contribution in [3.63, 3.8) is 0 Å². The lowest BCUT2D eigenvalue weighted by Gasteiger charge is -2.41. The standard InChI is InChI=1S/C18H24N2O4/c1-19(2)15(21)13-7-9-14(10-8-13)16(22)20(3)18(17(23)24)11-5-4-6-12-18/h7-10H,4-6,11-12H2,1-3H3,(H,23,24). The van der Waals surface area contributed by atoms with Gasteiger partial charge in [0.25, 0.3) is 11.8 Å². The lowest BCUT2D eigenvalue weighted by atomic mass is 9.80. The predicted molar refractivity (Wildman–Crippen MR) is 90.0 cm³/mol. The summed E-state index contributed by atoms with van der Waals surface area (Å²) in [6.07, 6.45) is 3.56. The highest BCUT2D eigenvalue weighted by Gasteiger charge is 2.45. The van der Waals surface area contributed by atoms with E-state index >= 15 is 0 Å².